The van der Waals surface area contributed by atoms with Gasteiger partial charge in [0.2, 0.25) is 0 Å². The summed E-state index contributed by atoms with van der Waals surface area (Å²) in [5.74, 6) is -0.487. The lowest BCUT2D eigenvalue weighted by molar-refractivity contribution is -0.296. The molecular weight excluding hydrogens is 286 g/mol. The zero-order valence-electron chi connectivity index (χ0n) is 12.9. The highest BCUT2D eigenvalue weighted by molar-refractivity contribution is 5.83. The fourth-order valence-corrected chi connectivity index (χ4v) is 2.74. The van der Waals surface area contributed by atoms with Crippen LogP contribution in [0.15, 0.2) is 29.3 Å². The van der Waals surface area contributed by atoms with Crippen LogP contribution in [-0.4, -0.2) is 55.4 Å². The van der Waals surface area contributed by atoms with Gasteiger partial charge in [0, 0.05) is 18.9 Å². The van der Waals surface area contributed by atoms with E-state index in [2.05, 4.69) is 4.99 Å². The van der Waals surface area contributed by atoms with Crippen molar-refractivity contribution in [2.24, 2.45) is 4.99 Å². The Balaban J connectivity index is 1.82. The maximum atomic E-state index is 9.82. The summed E-state index contributed by atoms with van der Waals surface area (Å²) in [6.07, 6.45) is 0.693. The SMILES string of the molecule is COC1OC2COC(C)(C)OC2C1N=Cc1ccccc1O. The van der Waals surface area contributed by atoms with E-state index in [1.807, 2.05) is 19.9 Å². The standard InChI is InChI=1S/C16H21NO5/c1-16(2)20-9-12-14(22-16)13(15(19-3)21-12)17-8-10-6-4-5-7-11(10)18/h4-8,12-15,18H,9H2,1-3H3. The summed E-state index contributed by atoms with van der Waals surface area (Å²) in [7, 11) is 1.58. The molecule has 4 atom stereocenters. The molecule has 0 bridgehead atoms. The van der Waals surface area contributed by atoms with E-state index in [0.29, 0.717) is 12.2 Å². The molecule has 2 heterocycles. The number of benzene rings is 1. The summed E-state index contributed by atoms with van der Waals surface area (Å²) in [5, 5.41) is 9.82. The Morgan fingerprint density at radius 2 is 2.14 bits per heavy atom. The summed E-state index contributed by atoms with van der Waals surface area (Å²) in [5.41, 5.74) is 0.645. The Morgan fingerprint density at radius 1 is 1.36 bits per heavy atom. The molecule has 2 aliphatic rings. The average Bonchev–Trinajstić information content (AvgIpc) is 2.82. The van der Waals surface area contributed by atoms with Crippen LogP contribution in [0.3, 0.4) is 0 Å². The zero-order valence-corrected chi connectivity index (χ0v) is 12.9. The van der Waals surface area contributed by atoms with E-state index in [9.17, 15) is 5.11 Å². The fraction of sp³-hybridized carbons (Fsp3) is 0.562. The lowest BCUT2D eigenvalue weighted by Gasteiger charge is -2.37. The van der Waals surface area contributed by atoms with E-state index in [1.54, 1.807) is 31.5 Å². The molecule has 2 aliphatic heterocycles. The first-order valence-electron chi connectivity index (χ1n) is 7.31. The predicted octanol–water partition coefficient (Wildman–Crippen LogP) is 1.70. The van der Waals surface area contributed by atoms with E-state index >= 15 is 0 Å². The third-order valence-corrected chi connectivity index (χ3v) is 3.86. The van der Waals surface area contributed by atoms with Gasteiger partial charge in [0.25, 0.3) is 0 Å². The molecule has 120 valence electrons. The van der Waals surface area contributed by atoms with Crippen molar-refractivity contribution in [3.05, 3.63) is 29.8 Å². The molecule has 3 rings (SSSR count). The van der Waals surface area contributed by atoms with E-state index in [1.165, 1.54) is 0 Å². The molecule has 0 aliphatic carbocycles. The van der Waals surface area contributed by atoms with Crippen LogP contribution in [-0.2, 0) is 18.9 Å². The fourth-order valence-electron chi connectivity index (χ4n) is 2.74. The van der Waals surface area contributed by atoms with Crippen molar-refractivity contribution in [3.63, 3.8) is 0 Å². The first-order valence-corrected chi connectivity index (χ1v) is 7.31. The Labute approximate surface area is 129 Å². The van der Waals surface area contributed by atoms with Gasteiger partial charge in [-0.05, 0) is 26.0 Å². The average molecular weight is 307 g/mol. The lowest BCUT2D eigenvalue weighted by Crippen LogP contribution is -2.49. The molecule has 4 unspecified atom stereocenters. The number of hydrogen-bond donors (Lipinski definition) is 1. The molecule has 2 saturated heterocycles. The first kappa shape index (κ1) is 15.4. The van der Waals surface area contributed by atoms with Gasteiger partial charge in [0.05, 0.1) is 6.61 Å². The monoisotopic (exact) mass is 307 g/mol. The normalized spacial score (nSPS) is 34.0. The second-order valence-corrected chi connectivity index (χ2v) is 5.90. The van der Waals surface area contributed by atoms with Gasteiger partial charge in [-0.2, -0.15) is 0 Å². The minimum Gasteiger partial charge on any atom is -0.507 e. The van der Waals surface area contributed by atoms with Crippen molar-refractivity contribution >= 4 is 6.21 Å². The number of rotatable bonds is 3. The van der Waals surface area contributed by atoms with Gasteiger partial charge in [-0.1, -0.05) is 12.1 Å². The van der Waals surface area contributed by atoms with Crippen molar-refractivity contribution in [1.29, 1.82) is 0 Å². The van der Waals surface area contributed by atoms with Crippen LogP contribution in [0, 0.1) is 0 Å². The smallest absolute Gasteiger partial charge is 0.182 e. The summed E-state index contributed by atoms with van der Waals surface area (Å²) in [4.78, 5) is 4.54. The molecule has 2 fully saturated rings. The van der Waals surface area contributed by atoms with Crippen LogP contribution in [0.4, 0.5) is 0 Å². The molecule has 0 aromatic heterocycles. The van der Waals surface area contributed by atoms with E-state index < -0.39 is 12.1 Å². The molecule has 0 spiro atoms. The van der Waals surface area contributed by atoms with Gasteiger partial charge in [-0.15, -0.1) is 0 Å². The van der Waals surface area contributed by atoms with Crippen molar-refractivity contribution in [2.45, 2.75) is 44.2 Å². The Kier molecular flexibility index (Phi) is 4.18. The molecule has 0 saturated carbocycles. The van der Waals surface area contributed by atoms with E-state index in [-0.39, 0.29) is 24.0 Å². The van der Waals surface area contributed by atoms with Crippen LogP contribution < -0.4 is 0 Å². The summed E-state index contributed by atoms with van der Waals surface area (Å²) in [6, 6.07) is 6.72. The molecule has 0 amide bonds. The number of ether oxygens (including phenoxy) is 4. The van der Waals surface area contributed by atoms with Crippen LogP contribution in [0.25, 0.3) is 0 Å². The quantitative estimate of drug-likeness (QED) is 0.861. The number of phenols is 1. The number of nitrogens with zero attached hydrogens (tertiary/aromatic N) is 1. The molecule has 1 aromatic rings. The van der Waals surface area contributed by atoms with Gasteiger partial charge in [-0.25, -0.2) is 0 Å². The van der Waals surface area contributed by atoms with E-state index in [4.69, 9.17) is 18.9 Å². The Hall–Kier alpha value is -1.47. The molecule has 1 aromatic carbocycles. The molecular formula is C16H21NO5. The third-order valence-electron chi connectivity index (χ3n) is 3.86. The van der Waals surface area contributed by atoms with Crippen LogP contribution in [0.2, 0.25) is 0 Å². The highest BCUT2D eigenvalue weighted by Gasteiger charge is 2.51. The second kappa shape index (κ2) is 5.96. The van der Waals surface area contributed by atoms with Crippen molar-refractivity contribution in [1.82, 2.24) is 0 Å². The topological polar surface area (TPSA) is 69.5 Å². The van der Waals surface area contributed by atoms with Gasteiger partial charge in [0.15, 0.2) is 12.1 Å². The molecule has 6 heteroatoms. The largest absolute Gasteiger partial charge is 0.507 e. The highest BCUT2D eigenvalue weighted by atomic mass is 16.8. The van der Waals surface area contributed by atoms with Crippen LogP contribution in [0.5, 0.6) is 5.75 Å². The lowest BCUT2D eigenvalue weighted by atomic mass is 10.1. The zero-order chi connectivity index (χ0) is 15.7. The Bertz CT molecular complexity index is 559. The van der Waals surface area contributed by atoms with Crippen molar-refractivity contribution < 1.29 is 24.1 Å². The number of aromatic hydroxyl groups is 1. The third kappa shape index (κ3) is 3.01. The van der Waals surface area contributed by atoms with E-state index in [0.717, 1.165) is 0 Å². The molecule has 6 nitrogen and oxygen atoms in total. The number of aliphatic imine (C=N–C) groups is 1. The Morgan fingerprint density at radius 3 is 2.86 bits per heavy atom. The summed E-state index contributed by atoms with van der Waals surface area (Å²) in [6.45, 7) is 4.18. The van der Waals surface area contributed by atoms with Crippen molar-refractivity contribution in [3.8, 4) is 5.75 Å². The van der Waals surface area contributed by atoms with Crippen molar-refractivity contribution in [2.75, 3.05) is 13.7 Å². The molecule has 22 heavy (non-hydrogen) atoms. The van der Waals surface area contributed by atoms with Gasteiger partial charge in [-0.3, -0.25) is 4.99 Å². The maximum absolute atomic E-state index is 9.82. The number of phenolic OH excluding ortho intramolecular Hbond substituents is 1. The van der Waals surface area contributed by atoms with Gasteiger partial charge >= 0.3 is 0 Å². The minimum atomic E-state index is -0.671. The minimum absolute atomic E-state index is 0.184. The number of fused-ring (bicyclic) bond motifs is 1. The summed E-state index contributed by atoms with van der Waals surface area (Å²) < 4.78 is 22.7. The number of methoxy groups -OCH3 is 1. The van der Waals surface area contributed by atoms with Gasteiger partial charge < -0.3 is 24.1 Å². The first-order chi connectivity index (χ1) is 10.5. The number of para-hydroxylation sites is 1. The van der Waals surface area contributed by atoms with Crippen LogP contribution >= 0.6 is 0 Å². The maximum Gasteiger partial charge on any atom is 0.182 e. The molecule has 1 N–H and O–H groups in total. The van der Waals surface area contributed by atoms with Gasteiger partial charge in [0.1, 0.15) is 24.0 Å². The highest BCUT2D eigenvalue weighted by Crippen LogP contribution is 2.35. The number of hydrogen-bond acceptors (Lipinski definition) is 6. The summed E-state index contributed by atoms with van der Waals surface area (Å²) >= 11 is 0. The predicted molar refractivity (Wildman–Crippen MR) is 80.1 cm³/mol. The second-order valence-electron chi connectivity index (χ2n) is 5.90. The molecule has 0 radical (unpaired) electrons. The van der Waals surface area contributed by atoms with Crippen LogP contribution in [0.1, 0.15) is 19.4 Å².